The molecule has 25 heavy (non-hydrogen) atoms. The monoisotopic (exact) mass is 384 g/mol. The Morgan fingerprint density at radius 3 is 1.80 bits per heavy atom. The molecule has 0 amide bonds. The molecular weight excluding hydrogens is 378 g/mol. The summed E-state index contributed by atoms with van der Waals surface area (Å²) >= 11 is 0. The second kappa shape index (κ2) is 6.30. The fourth-order valence-electron chi connectivity index (χ4n) is 1.58. The lowest BCUT2D eigenvalue weighted by Crippen LogP contribution is -2.56. The average Bonchev–Trinajstić information content (AvgIpc) is 2.44. The van der Waals surface area contributed by atoms with Crippen molar-refractivity contribution in [1.82, 2.24) is 0 Å². The topological polar surface area (TPSA) is 34.1 Å². The van der Waals surface area contributed by atoms with Crippen LogP contribution in [0.3, 0.4) is 0 Å². The van der Waals surface area contributed by atoms with Gasteiger partial charge >= 0.3 is 24.2 Å². The van der Waals surface area contributed by atoms with Gasteiger partial charge in [-0.25, -0.2) is 0 Å². The molecule has 0 unspecified atom stereocenters. The van der Waals surface area contributed by atoms with Crippen molar-refractivity contribution in [3.63, 3.8) is 0 Å². The first-order valence-corrected chi connectivity index (χ1v) is 6.08. The molecule has 2 nitrogen and oxygen atoms in total. The third kappa shape index (κ3) is 4.10. The molecule has 0 spiro atoms. The number of Topliss-reactive ketones (excluding diaryl/α,β-unsaturated/α-hetero) is 2. The predicted octanol–water partition coefficient (Wildman–Crippen LogP) is 4.68. The van der Waals surface area contributed by atoms with Crippen molar-refractivity contribution < 1.29 is 53.5 Å². The van der Waals surface area contributed by atoms with Crippen LogP contribution in [0.2, 0.25) is 0 Å². The summed E-state index contributed by atoms with van der Waals surface area (Å²) in [7, 11) is 0. The van der Waals surface area contributed by atoms with Crippen LogP contribution in [0.4, 0.5) is 43.9 Å². The highest BCUT2D eigenvalue weighted by atomic mass is 19.4. The molecule has 0 fully saturated rings. The first kappa shape index (κ1) is 20.9. The Kier molecular flexibility index (Phi) is 5.27. The first-order chi connectivity index (χ1) is 11.0. The molecule has 140 valence electrons. The molecule has 0 N–H and O–H groups in total. The molecule has 0 radical (unpaired) electrons. The maximum atomic E-state index is 13.1. The third-order valence-electron chi connectivity index (χ3n) is 2.93. The molecule has 0 aromatic heterocycles. The lowest BCUT2D eigenvalue weighted by molar-refractivity contribution is -0.343. The number of benzene rings is 1. The van der Waals surface area contributed by atoms with Crippen LogP contribution in [-0.4, -0.2) is 29.6 Å². The Hall–Kier alpha value is -2.14. The standard InChI is InChI=1S/C13H6F10O2/c14-10(15,12(19,20)13(21,22)23)9(25)5-8(24)6-2-1-3-7(4-6)11(16,17)18/h1-4H,5H2. The summed E-state index contributed by atoms with van der Waals surface area (Å²) in [6.07, 6.45) is -13.8. The van der Waals surface area contributed by atoms with Gasteiger partial charge in [0.25, 0.3) is 0 Å². The van der Waals surface area contributed by atoms with Gasteiger partial charge in [-0.05, 0) is 12.1 Å². The van der Waals surface area contributed by atoms with E-state index in [0.29, 0.717) is 18.2 Å². The van der Waals surface area contributed by atoms with Gasteiger partial charge in [-0.3, -0.25) is 9.59 Å². The van der Waals surface area contributed by atoms with E-state index in [1.807, 2.05) is 0 Å². The normalized spacial score (nSPS) is 13.7. The fraction of sp³-hybridized carbons (Fsp3) is 0.385. The van der Waals surface area contributed by atoms with Crippen LogP contribution in [0.1, 0.15) is 22.3 Å². The van der Waals surface area contributed by atoms with E-state index in [1.165, 1.54) is 0 Å². The van der Waals surface area contributed by atoms with Crippen molar-refractivity contribution in [3.8, 4) is 0 Å². The van der Waals surface area contributed by atoms with E-state index in [2.05, 4.69) is 0 Å². The van der Waals surface area contributed by atoms with E-state index in [1.54, 1.807) is 0 Å². The Morgan fingerprint density at radius 1 is 0.840 bits per heavy atom. The van der Waals surface area contributed by atoms with E-state index >= 15 is 0 Å². The van der Waals surface area contributed by atoms with Gasteiger partial charge in [0, 0.05) is 5.56 Å². The third-order valence-corrected chi connectivity index (χ3v) is 2.93. The van der Waals surface area contributed by atoms with Gasteiger partial charge < -0.3 is 0 Å². The molecule has 0 atom stereocenters. The van der Waals surface area contributed by atoms with E-state index in [-0.39, 0.29) is 6.07 Å². The van der Waals surface area contributed by atoms with E-state index in [4.69, 9.17) is 0 Å². The highest BCUT2D eigenvalue weighted by molar-refractivity contribution is 6.10. The summed E-state index contributed by atoms with van der Waals surface area (Å²) in [6.45, 7) is 0. The summed E-state index contributed by atoms with van der Waals surface area (Å²) in [6, 6.07) is 1.97. The zero-order chi connectivity index (χ0) is 19.8. The summed E-state index contributed by atoms with van der Waals surface area (Å²) in [4.78, 5) is 22.6. The van der Waals surface area contributed by atoms with Crippen LogP contribution < -0.4 is 0 Å². The number of hydrogen-bond donors (Lipinski definition) is 0. The van der Waals surface area contributed by atoms with Crippen LogP contribution >= 0.6 is 0 Å². The Labute approximate surface area is 132 Å². The quantitative estimate of drug-likeness (QED) is 0.420. The summed E-state index contributed by atoms with van der Waals surface area (Å²) in [5.41, 5.74) is -2.35. The Bertz CT molecular complexity index is 672. The van der Waals surface area contributed by atoms with Crippen molar-refractivity contribution in [2.24, 2.45) is 0 Å². The fourth-order valence-corrected chi connectivity index (χ4v) is 1.58. The zero-order valence-electron chi connectivity index (χ0n) is 11.6. The second-order valence-corrected chi connectivity index (χ2v) is 4.75. The lowest BCUT2D eigenvalue weighted by Gasteiger charge is -2.26. The number of alkyl halides is 10. The number of carbonyl (C=O) groups is 2. The number of ketones is 2. The van der Waals surface area contributed by atoms with Gasteiger partial charge in [0.1, 0.15) is 0 Å². The van der Waals surface area contributed by atoms with Crippen molar-refractivity contribution in [1.29, 1.82) is 0 Å². The van der Waals surface area contributed by atoms with Crippen LogP contribution in [0.15, 0.2) is 24.3 Å². The van der Waals surface area contributed by atoms with Crippen LogP contribution in [0, 0.1) is 0 Å². The highest BCUT2D eigenvalue weighted by Gasteiger charge is 2.75. The number of halogens is 10. The zero-order valence-corrected chi connectivity index (χ0v) is 11.6. The SMILES string of the molecule is O=C(CC(=O)C(F)(F)C(F)(F)C(F)(F)F)c1cccc(C(F)(F)F)c1. The number of hydrogen-bond acceptors (Lipinski definition) is 2. The van der Waals surface area contributed by atoms with Gasteiger partial charge in [-0.15, -0.1) is 0 Å². The van der Waals surface area contributed by atoms with Gasteiger partial charge in [-0.2, -0.15) is 43.9 Å². The van der Waals surface area contributed by atoms with Crippen LogP contribution in [0.25, 0.3) is 0 Å². The van der Waals surface area contributed by atoms with Crippen LogP contribution in [0.5, 0.6) is 0 Å². The van der Waals surface area contributed by atoms with Crippen molar-refractivity contribution in [2.75, 3.05) is 0 Å². The second-order valence-electron chi connectivity index (χ2n) is 4.75. The van der Waals surface area contributed by atoms with Crippen molar-refractivity contribution in [2.45, 2.75) is 30.6 Å². The lowest BCUT2D eigenvalue weighted by atomic mass is 9.98. The first-order valence-electron chi connectivity index (χ1n) is 6.08. The van der Waals surface area contributed by atoms with Gasteiger partial charge in [-0.1, -0.05) is 12.1 Å². The summed E-state index contributed by atoms with van der Waals surface area (Å²) in [5, 5.41) is 0. The minimum atomic E-state index is -6.77. The van der Waals surface area contributed by atoms with E-state index < -0.39 is 53.3 Å². The highest BCUT2D eigenvalue weighted by Crippen LogP contribution is 2.47. The molecular formula is C13H6F10O2. The van der Waals surface area contributed by atoms with Crippen LogP contribution in [-0.2, 0) is 11.0 Å². The molecule has 1 rings (SSSR count). The van der Waals surface area contributed by atoms with Crippen molar-refractivity contribution in [3.05, 3.63) is 35.4 Å². The molecule has 0 saturated heterocycles. The molecule has 1 aromatic rings. The molecule has 0 heterocycles. The molecule has 0 aliphatic rings. The smallest absolute Gasteiger partial charge is 0.294 e. The Balaban J connectivity index is 3.07. The molecule has 0 saturated carbocycles. The minimum absolute atomic E-state index is 0.148. The van der Waals surface area contributed by atoms with E-state index in [0.717, 1.165) is 0 Å². The largest absolute Gasteiger partial charge is 0.460 e. The van der Waals surface area contributed by atoms with Gasteiger partial charge in [0.2, 0.25) is 5.78 Å². The maximum Gasteiger partial charge on any atom is 0.460 e. The maximum absolute atomic E-state index is 13.1. The number of rotatable bonds is 5. The predicted molar refractivity (Wildman–Crippen MR) is 61.3 cm³/mol. The summed E-state index contributed by atoms with van der Waals surface area (Å²) < 4.78 is 125. The molecule has 0 aliphatic heterocycles. The minimum Gasteiger partial charge on any atom is -0.294 e. The molecule has 12 heteroatoms. The molecule has 0 aliphatic carbocycles. The van der Waals surface area contributed by atoms with Gasteiger partial charge in [0.05, 0.1) is 12.0 Å². The molecule has 1 aromatic carbocycles. The summed E-state index contributed by atoms with van der Waals surface area (Å²) in [5.74, 6) is -17.8. The Morgan fingerprint density at radius 2 is 1.36 bits per heavy atom. The molecule has 0 bridgehead atoms. The van der Waals surface area contributed by atoms with E-state index in [9.17, 15) is 53.5 Å². The van der Waals surface area contributed by atoms with Gasteiger partial charge in [0.15, 0.2) is 5.78 Å². The van der Waals surface area contributed by atoms with Crippen molar-refractivity contribution >= 4 is 11.6 Å². The number of carbonyl (C=O) groups excluding carboxylic acids is 2. The average molecular weight is 384 g/mol.